The molecule has 6 nitrogen and oxygen atoms in total. The van der Waals surface area contributed by atoms with Crippen molar-refractivity contribution in [1.29, 1.82) is 0 Å². The standard InChI is InChI=1S/C20H23NO5/c1-14-12-17(26-13-20(23)24)10-11-18(14)21-19(22)5-3-4-15-6-8-16(25-2)9-7-15/h6-12H,3-5,13H2,1-2H3,(H,21,22)(H,23,24). The highest BCUT2D eigenvalue weighted by atomic mass is 16.5. The molecule has 0 aliphatic carbocycles. The molecule has 0 bridgehead atoms. The van der Waals surface area contributed by atoms with Gasteiger partial charge in [0.15, 0.2) is 6.61 Å². The monoisotopic (exact) mass is 357 g/mol. The Hall–Kier alpha value is -3.02. The first-order valence-electron chi connectivity index (χ1n) is 8.36. The first-order chi connectivity index (χ1) is 12.5. The molecule has 1 amide bonds. The molecule has 2 aromatic carbocycles. The SMILES string of the molecule is COc1ccc(CCCC(=O)Nc2ccc(OCC(=O)O)cc2C)cc1. The van der Waals surface area contributed by atoms with Gasteiger partial charge in [0.05, 0.1) is 7.11 Å². The second kappa shape index (κ2) is 9.46. The van der Waals surface area contributed by atoms with Gasteiger partial charge in [0.2, 0.25) is 5.91 Å². The van der Waals surface area contributed by atoms with Crippen LogP contribution >= 0.6 is 0 Å². The van der Waals surface area contributed by atoms with Gasteiger partial charge in [-0.25, -0.2) is 4.79 Å². The number of benzene rings is 2. The largest absolute Gasteiger partial charge is 0.497 e. The summed E-state index contributed by atoms with van der Waals surface area (Å²) in [7, 11) is 1.63. The number of hydrogen-bond donors (Lipinski definition) is 2. The molecule has 0 atom stereocenters. The molecule has 0 fully saturated rings. The molecule has 0 saturated heterocycles. The number of carbonyl (C=O) groups is 2. The molecular weight excluding hydrogens is 334 g/mol. The molecule has 0 saturated carbocycles. The number of rotatable bonds is 9. The van der Waals surface area contributed by atoms with Crippen molar-refractivity contribution in [3.8, 4) is 11.5 Å². The highest BCUT2D eigenvalue weighted by molar-refractivity contribution is 5.91. The topological polar surface area (TPSA) is 84.9 Å². The Morgan fingerprint density at radius 2 is 1.77 bits per heavy atom. The van der Waals surface area contributed by atoms with Gasteiger partial charge in [0.25, 0.3) is 0 Å². The van der Waals surface area contributed by atoms with Crippen LogP contribution in [0.15, 0.2) is 42.5 Å². The number of aliphatic carboxylic acids is 1. The van der Waals surface area contributed by atoms with E-state index in [1.807, 2.05) is 31.2 Å². The van der Waals surface area contributed by atoms with Gasteiger partial charge in [-0.1, -0.05) is 12.1 Å². The van der Waals surface area contributed by atoms with E-state index < -0.39 is 12.6 Å². The van der Waals surface area contributed by atoms with E-state index in [1.165, 1.54) is 0 Å². The first-order valence-corrected chi connectivity index (χ1v) is 8.36. The molecule has 0 radical (unpaired) electrons. The summed E-state index contributed by atoms with van der Waals surface area (Å²) in [6.45, 7) is 1.44. The van der Waals surface area contributed by atoms with Crippen molar-refractivity contribution < 1.29 is 24.2 Å². The molecule has 0 unspecified atom stereocenters. The Bertz CT molecular complexity index is 755. The van der Waals surface area contributed by atoms with Crippen molar-refractivity contribution in [3.05, 3.63) is 53.6 Å². The van der Waals surface area contributed by atoms with Gasteiger partial charge >= 0.3 is 5.97 Å². The molecule has 0 spiro atoms. The van der Waals surface area contributed by atoms with E-state index in [2.05, 4.69) is 5.32 Å². The lowest BCUT2D eigenvalue weighted by atomic mass is 10.1. The number of carboxylic acid groups (broad SMARTS) is 1. The van der Waals surface area contributed by atoms with Crippen LogP contribution < -0.4 is 14.8 Å². The van der Waals surface area contributed by atoms with Crippen LogP contribution in [0.25, 0.3) is 0 Å². The number of hydrogen-bond acceptors (Lipinski definition) is 4. The summed E-state index contributed by atoms with van der Waals surface area (Å²) in [6, 6.07) is 12.9. The van der Waals surface area contributed by atoms with Crippen LogP contribution in [-0.2, 0) is 16.0 Å². The van der Waals surface area contributed by atoms with E-state index in [0.29, 0.717) is 17.9 Å². The number of carbonyl (C=O) groups excluding carboxylic acids is 1. The fraction of sp³-hybridized carbons (Fsp3) is 0.300. The third-order valence-corrected chi connectivity index (χ3v) is 3.86. The van der Waals surface area contributed by atoms with Crippen LogP contribution in [-0.4, -0.2) is 30.7 Å². The fourth-order valence-corrected chi connectivity index (χ4v) is 2.47. The maximum absolute atomic E-state index is 12.1. The fourth-order valence-electron chi connectivity index (χ4n) is 2.47. The number of ether oxygens (including phenoxy) is 2. The van der Waals surface area contributed by atoms with Crippen LogP contribution in [0.1, 0.15) is 24.0 Å². The van der Waals surface area contributed by atoms with Gasteiger partial charge in [-0.3, -0.25) is 4.79 Å². The maximum Gasteiger partial charge on any atom is 0.341 e. The molecule has 2 aromatic rings. The third-order valence-electron chi connectivity index (χ3n) is 3.86. The van der Waals surface area contributed by atoms with Crippen molar-refractivity contribution in [1.82, 2.24) is 0 Å². The summed E-state index contributed by atoms with van der Waals surface area (Å²) in [5.41, 5.74) is 2.67. The number of amides is 1. The molecule has 0 aliphatic heterocycles. The Balaban J connectivity index is 1.80. The normalized spacial score (nSPS) is 10.2. The summed E-state index contributed by atoms with van der Waals surface area (Å²) in [4.78, 5) is 22.6. The summed E-state index contributed by atoms with van der Waals surface area (Å²) in [5.74, 6) is 0.192. The Kier molecular flexibility index (Phi) is 7.02. The average molecular weight is 357 g/mol. The Morgan fingerprint density at radius 3 is 2.38 bits per heavy atom. The quantitative estimate of drug-likeness (QED) is 0.718. The van der Waals surface area contributed by atoms with Crippen LogP contribution in [0, 0.1) is 6.92 Å². The number of carboxylic acids is 1. The van der Waals surface area contributed by atoms with Crippen molar-refractivity contribution in [2.75, 3.05) is 19.0 Å². The maximum atomic E-state index is 12.1. The van der Waals surface area contributed by atoms with E-state index >= 15 is 0 Å². The van der Waals surface area contributed by atoms with Gasteiger partial charge in [0, 0.05) is 12.1 Å². The minimum absolute atomic E-state index is 0.0548. The predicted molar refractivity (Wildman–Crippen MR) is 98.9 cm³/mol. The lowest BCUT2D eigenvalue weighted by molar-refractivity contribution is -0.139. The average Bonchev–Trinajstić information content (AvgIpc) is 2.62. The van der Waals surface area contributed by atoms with Crippen LogP contribution in [0.5, 0.6) is 11.5 Å². The molecule has 0 aromatic heterocycles. The number of nitrogens with one attached hydrogen (secondary N) is 1. The molecule has 2 N–H and O–H groups in total. The summed E-state index contributed by atoms with van der Waals surface area (Å²) in [5, 5.41) is 11.5. The third kappa shape index (κ3) is 6.12. The number of aryl methyl sites for hydroxylation is 2. The second-order valence-corrected chi connectivity index (χ2v) is 5.91. The van der Waals surface area contributed by atoms with Gasteiger partial charge in [-0.2, -0.15) is 0 Å². The van der Waals surface area contributed by atoms with Gasteiger partial charge in [-0.15, -0.1) is 0 Å². The van der Waals surface area contributed by atoms with Crippen LogP contribution in [0.4, 0.5) is 5.69 Å². The van der Waals surface area contributed by atoms with Gasteiger partial charge in [0.1, 0.15) is 11.5 Å². The molecule has 26 heavy (non-hydrogen) atoms. The highest BCUT2D eigenvalue weighted by Crippen LogP contribution is 2.22. The highest BCUT2D eigenvalue weighted by Gasteiger charge is 2.07. The first kappa shape index (κ1) is 19.3. The number of anilines is 1. The minimum atomic E-state index is -1.03. The second-order valence-electron chi connectivity index (χ2n) is 5.91. The van der Waals surface area contributed by atoms with E-state index in [4.69, 9.17) is 14.6 Å². The molecule has 2 rings (SSSR count). The summed E-state index contributed by atoms with van der Waals surface area (Å²) in [6.07, 6.45) is 1.98. The zero-order chi connectivity index (χ0) is 18.9. The lowest BCUT2D eigenvalue weighted by Gasteiger charge is -2.11. The van der Waals surface area contributed by atoms with Gasteiger partial charge < -0.3 is 19.9 Å². The predicted octanol–water partition coefficient (Wildman–Crippen LogP) is 3.43. The minimum Gasteiger partial charge on any atom is -0.497 e. The number of methoxy groups -OCH3 is 1. The summed E-state index contributed by atoms with van der Waals surface area (Å²) < 4.78 is 10.2. The smallest absolute Gasteiger partial charge is 0.341 e. The van der Waals surface area contributed by atoms with Crippen molar-refractivity contribution in [3.63, 3.8) is 0 Å². The Morgan fingerprint density at radius 1 is 1.08 bits per heavy atom. The molecule has 0 aliphatic rings. The van der Waals surface area contributed by atoms with Crippen LogP contribution in [0.3, 0.4) is 0 Å². The van der Waals surface area contributed by atoms with Crippen molar-refractivity contribution >= 4 is 17.6 Å². The summed E-state index contributed by atoms with van der Waals surface area (Å²) >= 11 is 0. The Labute approximate surface area is 152 Å². The molecule has 6 heteroatoms. The van der Waals surface area contributed by atoms with Crippen molar-refractivity contribution in [2.45, 2.75) is 26.2 Å². The van der Waals surface area contributed by atoms with Crippen LogP contribution in [0.2, 0.25) is 0 Å². The van der Waals surface area contributed by atoms with E-state index in [0.717, 1.165) is 29.7 Å². The molecule has 138 valence electrons. The zero-order valence-corrected chi connectivity index (χ0v) is 15.0. The zero-order valence-electron chi connectivity index (χ0n) is 15.0. The molecule has 0 heterocycles. The van der Waals surface area contributed by atoms with Gasteiger partial charge in [-0.05, 0) is 61.2 Å². The van der Waals surface area contributed by atoms with Crippen molar-refractivity contribution in [2.24, 2.45) is 0 Å². The lowest BCUT2D eigenvalue weighted by Crippen LogP contribution is -2.13. The van der Waals surface area contributed by atoms with E-state index in [1.54, 1.807) is 25.3 Å². The van der Waals surface area contributed by atoms with E-state index in [9.17, 15) is 9.59 Å². The van der Waals surface area contributed by atoms with E-state index in [-0.39, 0.29) is 5.91 Å². The molecular formula is C20H23NO5.